The molecule has 0 amide bonds. The second-order valence-electron chi connectivity index (χ2n) is 27.6. The van der Waals surface area contributed by atoms with Crippen molar-refractivity contribution >= 4 is 0 Å². The molecule has 0 radical (unpaired) electrons. The summed E-state index contributed by atoms with van der Waals surface area (Å²) >= 11 is 0. The maximum absolute atomic E-state index is 8.53. The lowest BCUT2D eigenvalue weighted by atomic mass is 9.90. The van der Waals surface area contributed by atoms with Gasteiger partial charge in [0.1, 0.15) is 35.2 Å². The molecule has 0 aliphatic carbocycles. The first-order valence-electron chi connectivity index (χ1n) is 41.4. The molecule has 5 nitrogen and oxygen atoms in total. The fourth-order valence-electron chi connectivity index (χ4n) is 12.3. The summed E-state index contributed by atoms with van der Waals surface area (Å²) in [6, 6.07) is 44.7. The molecule has 5 heteroatoms. The first kappa shape index (κ1) is 66.1. The zero-order valence-electron chi connectivity index (χ0n) is 78.9. The zero-order valence-corrected chi connectivity index (χ0v) is 62.9. The van der Waals surface area contributed by atoms with Gasteiger partial charge in [-0.2, -0.15) is 0 Å². The monoisotopic (exact) mass is 1380 g/mol. The SMILES string of the molecule is C.C.C.C.C.[2H]C(C)(C)c1c[n+](C)c(-c2ccccc2C)cc1C.[2H]C(C)(C)c1cc(-c2ccccc2C)[n+](C)cc1C([2H])(C)C.[2H]C([2H])([2H])c1ccc(-c2cc(C([2H])(C)C)c(C([2H])(C)C)c[n+]2C)c(C)c1.[2H]C([2H])([2H])c1ccc(-c2cc(C)c(C([2H])(C)C)c[n+]2C)c(C)c1.[2H]C([2H])([2H])c1ccc(-c2ccc(C([2H])(C)C)c[n+]2C)c(C)c1. The van der Waals surface area contributed by atoms with E-state index in [-0.39, 0.29) is 37.1 Å². The number of aromatic nitrogens is 5. The van der Waals surface area contributed by atoms with Crippen LogP contribution in [0.25, 0.3) is 56.3 Å². The molecule has 0 N–H and O–H groups in total. The van der Waals surface area contributed by atoms with Crippen molar-refractivity contribution in [3.63, 3.8) is 0 Å². The van der Waals surface area contributed by atoms with E-state index in [1.54, 1.807) is 36.4 Å². The smallest absolute Gasteiger partial charge is 0.201 e. The average Bonchev–Trinajstić information content (AvgIpc) is 0.766. The quantitative estimate of drug-likeness (QED) is 0.109. The van der Waals surface area contributed by atoms with E-state index < -0.39 is 61.8 Å². The maximum Gasteiger partial charge on any atom is 0.212 e. The number of nitrogens with zero attached hydrogens (tertiary/aromatic N) is 5. The molecule has 10 rings (SSSR count). The third-order valence-corrected chi connectivity index (χ3v) is 17.8. The van der Waals surface area contributed by atoms with Crippen LogP contribution in [0, 0.1) is 69.0 Å². The predicted molar refractivity (Wildman–Crippen MR) is 445 cm³/mol. The largest absolute Gasteiger partial charge is 0.212 e. The maximum atomic E-state index is 8.53. The van der Waals surface area contributed by atoms with Crippen molar-refractivity contribution in [1.29, 1.82) is 0 Å². The van der Waals surface area contributed by atoms with Gasteiger partial charge in [-0.15, -0.1) is 0 Å². The Morgan fingerprint density at radius 2 is 0.515 bits per heavy atom. The van der Waals surface area contributed by atoms with Gasteiger partial charge in [-0.3, -0.25) is 0 Å². The number of hydrogen-bond acceptors (Lipinski definition) is 0. The van der Waals surface area contributed by atoms with Crippen molar-refractivity contribution < 1.29 is 44.8 Å². The van der Waals surface area contributed by atoms with Crippen molar-refractivity contribution in [2.75, 3.05) is 0 Å². The third-order valence-electron chi connectivity index (χ3n) is 17.8. The molecule has 0 unspecified atom stereocenters. The molecule has 5 heterocycles. The van der Waals surface area contributed by atoms with E-state index in [1.807, 2.05) is 240 Å². The first-order chi connectivity index (χ1) is 50.8. The highest BCUT2D eigenvalue weighted by molar-refractivity contribution is 5.66. The van der Waals surface area contributed by atoms with Crippen LogP contribution in [0.5, 0.6) is 0 Å². The molecule has 10 aromatic rings. The van der Waals surface area contributed by atoms with E-state index >= 15 is 0 Å². The summed E-state index contributed by atoms with van der Waals surface area (Å²) in [4.78, 5) is 0. The standard InChI is InChI=1S/C20H28N.C19H26N.C18H24N.2C17H22N.5CH4/c1-13(2)18-11-20(21(7)12-19(18)14(3)4)17-9-8-15(5)10-16(17)6;1-13(2)17-11-19(16-10-8-7-9-15(16)5)20(6)12-18(17)14(3)4;1-12(2)17-11-19(6)18(10-15(17)5)16-8-7-13(3)9-14(16)4;1-12(2)15-7-9-17(18(5)11-15)16-8-6-13(3)10-14(16)4;1-12(2)16-11-18(5)17(10-14(16)4)15-9-7-6-8-13(15)3;;;;;/h8-14H,1-7H3;7-14H,1-6H3;7-12H,1-6H3;2*6-12H,1-5H3;5*1H4/q5*+1;;;;;/i5D3,13D,14D;13D,14D;2*3D3,12D;12D;;;;;. The van der Waals surface area contributed by atoms with Crippen LogP contribution < -0.4 is 22.8 Å². The summed E-state index contributed by atoms with van der Waals surface area (Å²) in [7, 11) is 9.89. The molecule has 5 aromatic heterocycles. The highest BCUT2D eigenvalue weighted by atomic mass is 14.9. The van der Waals surface area contributed by atoms with E-state index in [1.165, 1.54) is 33.5 Å². The number of rotatable bonds is 12. The minimum atomic E-state index is -2.13. The van der Waals surface area contributed by atoms with Crippen LogP contribution in [-0.2, 0) is 35.2 Å². The van der Waals surface area contributed by atoms with Gasteiger partial charge in [-0.25, -0.2) is 22.8 Å². The van der Waals surface area contributed by atoms with Crippen LogP contribution >= 0.6 is 0 Å². The normalized spacial score (nSPS) is 14.1. The molecule has 0 atom stereocenters. The predicted octanol–water partition coefficient (Wildman–Crippen LogP) is 25.0. The lowest BCUT2D eigenvalue weighted by Crippen LogP contribution is -2.32. The van der Waals surface area contributed by atoms with Crippen molar-refractivity contribution in [3.8, 4) is 56.3 Å². The Bertz CT molecular complexity index is 4960. The number of hydrogen-bond donors (Lipinski definition) is 0. The van der Waals surface area contributed by atoms with Crippen molar-refractivity contribution in [3.05, 3.63) is 265 Å². The summed E-state index contributed by atoms with van der Waals surface area (Å²) in [5.74, 6) is -4.98. The van der Waals surface area contributed by atoms with Gasteiger partial charge in [0.25, 0.3) is 0 Å². The Labute approximate surface area is 643 Å². The highest BCUT2D eigenvalue weighted by Gasteiger charge is 2.24. The summed E-state index contributed by atoms with van der Waals surface area (Å²) < 4.78 is 136. The van der Waals surface area contributed by atoms with Gasteiger partial charge < -0.3 is 0 Å². The molecule has 5 aromatic carbocycles. The molecule has 101 heavy (non-hydrogen) atoms. The third kappa shape index (κ3) is 23.4. The lowest BCUT2D eigenvalue weighted by molar-refractivity contribution is -0.661. The minimum Gasteiger partial charge on any atom is -0.201 e. The Morgan fingerprint density at radius 1 is 0.248 bits per heavy atom. The fraction of sp³-hybridized carbons (Fsp3) is 0.427. The molecule has 0 saturated heterocycles. The van der Waals surface area contributed by atoms with Gasteiger partial charge >= 0.3 is 0 Å². The Balaban J connectivity index is 0.000000726. The summed E-state index contributed by atoms with van der Waals surface area (Å²) in [5.41, 5.74) is 25.6. The van der Waals surface area contributed by atoms with Crippen molar-refractivity contribution in [2.45, 2.75) is 244 Å². The molecule has 0 bridgehead atoms. The molecule has 0 aliphatic rings. The van der Waals surface area contributed by atoms with Gasteiger partial charge in [-0.05, 0) is 197 Å². The highest BCUT2D eigenvalue weighted by Crippen LogP contribution is 2.33. The van der Waals surface area contributed by atoms with Crippen LogP contribution in [0.15, 0.2) is 171 Å². The number of benzene rings is 5. The van der Waals surface area contributed by atoms with E-state index in [0.29, 0.717) is 16.7 Å². The Hall–Kier alpha value is -8.15. The molecule has 546 valence electrons. The Kier molecular flexibility index (Phi) is 26.5. The van der Waals surface area contributed by atoms with E-state index in [0.717, 1.165) is 101 Å². The fourth-order valence-corrected chi connectivity index (χ4v) is 12.3. The summed E-state index contributed by atoms with van der Waals surface area (Å²) in [6.45, 7) is 34.0. The lowest BCUT2D eigenvalue weighted by Gasteiger charge is -2.16. The topological polar surface area (TPSA) is 19.4 Å². The van der Waals surface area contributed by atoms with Crippen LogP contribution in [-0.4, -0.2) is 0 Å². The van der Waals surface area contributed by atoms with Gasteiger partial charge in [0, 0.05) is 108 Å². The minimum absolute atomic E-state index is 0. The van der Waals surface area contributed by atoms with Crippen LogP contribution in [0.4, 0.5) is 0 Å². The number of pyridine rings is 5. The van der Waals surface area contributed by atoms with Crippen LogP contribution in [0.1, 0.15) is 292 Å². The van der Waals surface area contributed by atoms with Gasteiger partial charge in [0.15, 0.2) is 31.0 Å². The second kappa shape index (κ2) is 40.5. The molecular weight excluding hydrogens is 1220 g/mol. The van der Waals surface area contributed by atoms with Crippen LogP contribution in [0.2, 0.25) is 0 Å². The van der Waals surface area contributed by atoms with Gasteiger partial charge in [0.2, 0.25) is 28.5 Å². The van der Waals surface area contributed by atoms with Crippen molar-refractivity contribution in [1.82, 2.24) is 0 Å². The second-order valence-corrected chi connectivity index (χ2v) is 27.6. The van der Waals surface area contributed by atoms with Gasteiger partial charge in [-0.1, -0.05) is 224 Å². The zero-order chi connectivity index (χ0) is 85.3. The summed E-state index contributed by atoms with van der Waals surface area (Å²) in [6.07, 6.45) is 9.98. The molecule has 0 spiro atoms. The number of aryl methyl sites for hydroxylation is 15. The van der Waals surface area contributed by atoms with Crippen molar-refractivity contribution in [2.24, 2.45) is 35.2 Å². The molecule has 0 aliphatic heterocycles. The molecule has 0 fully saturated rings. The molecular formula is C96H142N5+5. The Morgan fingerprint density at radius 3 is 0.782 bits per heavy atom. The van der Waals surface area contributed by atoms with E-state index in [2.05, 4.69) is 97.7 Å². The summed E-state index contributed by atoms with van der Waals surface area (Å²) in [5, 5.41) is 0. The van der Waals surface area contributed by atoms with Crippen LogP contribution in [0.3, 0.4) is 0 Å². The van der Waals surface area contributed by atoms with E-state index in [9.17, 15) is 0 Å². The van der Waals surface area contributed by atoms with Gasteiger partial charge in [0.05, 0.1) is 0 Å². The first-order valence-corrected chi connectivity index (χ1v) is 33.4. The molecule has 0 saturated carbocycles. The van der Waals surface area contributed by atoms with E-state index in [4.69, 9.17) is 21.9 Å². The average molecular weight is 1380 g/mol.